The Labute approximate surface area is 179 Å². The molecule has 0 saturated heterocycles. The zero-order valence-corrected chi connectivity index (χ0v) is 17.7. The number of carbonyl (C=O) groups is 2. The molecule has 3 rings (SSSR count). The van der Waals surface area contributed by atoms with E-state index in [2.05, 4.69) is 5.32 Å². The van der Waals surface area contributed by atoms with Crippen LogP contribution in [0.3, 0.4) is 0 Å². The van der Waals surface area contributed by atoms with Gasteiger partial charge >= 0.3 is 6.03 Å². The van der Waals surface area contributed by atoms with Gasteiger partial charge in [-0.15, -0.1) is 0 Å². The average Bonchev–Trinajstić information content (AvgIpc) is 2.75. The molecule has 1 heterocycles. The van der Waals surface area contributed by atoms with Crippen molar-refractivity contribution in [2.45, 2.75) is 26.5 Å². The zero-order valence-electron chi connectivity index (χ0n) is 17.7. The van der Waals surface area contributed by atoms with Gasteiger partial charge in [-0.1, -0.05) is 30.3 Å². The third kappa shape index (κ3) is 4.35. The maximum atomic E-state index is 12.4. The minimum atomic E-state index is -0.987. The Bertz CT molecular complexity index is 1060. The Morgan fingerprint density at radius 1 is 1.23 bits per heavy atom. The number of carbonyl (C=O) groups excluding carboxylic acids is 2. The fraction of sp³-hybridized carbons (Fsp3) is 0.273. The summed E-state index contributed by atoms with van der Waals surface area (Å²) in [5.41, 5.74) is 1.44. The highest BCUT2D eigenvalue weighted by Crippen LogP contribution is 2.41. The van der Waals surface area contributed by atoms with Gasteiger partial charge in [-0.05, 0) is 25.5 Å². The van der Waals surface area contributed by atoms with Gasteiger partial charge in [0.15, 0.2) is 17.3 Å². The molecule has 1 aliphatic rings. The van der Waals surface area contributed by atoms with Crippen molar-refractivity contribution in [3.05, 3.63) is 75.0 Å². The van der Waals surface area contributed by atoms with E-state index in [1.165, 1.54) is 38.1 Å². The van der Waals surface area contributed by atoms with E-state index in [1.54, 1.807) is 6.92 Å². The first kappa shape index (κ1) is 21.8. The maximum Gasteiger partial charge on any atom is 0.322 e. The summed E-state index contributed by atoms with van der Waals surface area (Å²) >= 11 is 0. The van der Waals surface area contributed by atoms with Gasteiger partial charge in [-0.25, -0.2) is 4.79 Å². The second kappa shape index (κ2) is 8.86. The topological polar surface area (TPSA) is 111 Å². The molecule has 0 fully saturated rings. The molecule has 2 amide bonds. The first-order valence-corrected chi connectivity index (χ1v) is 9.53. The standard InChI is InChI=1S/C22H23N3O6/c1-13-20(14(2)26)21(23-22(27)24(13)3)16-10-18(30-4)19(11-17(16)25(28)29)31-12-15-8-6-5-7-9-15/h5-11,21H,12H2,1-4H3,(H,23,27)/t21-/m0/s1. The van der Waals surface area contributed by atoms with Crippen molar-refractivity contribution in [2.24, 2.45) is 0 Å². The third-order valence-corrected chi connectivity index (χ3v) is 5.19. The Hall–Kier alpha value is -3.88. The Morgan fingerprint density at radius 3 is 2.48 bits per heavy atom. The molecule has 2 aromatic carbocycles. The summed E-state index contributed by atoms with van der Waals surface area (Å²) in [5.74, 6) is 0.142. The molecule has 31 heavy (non-hydrogen) atoms. The number of benzene rings is 2. The zero-order chi connectivity index (χ0) is 22.7. The van der Waals surface area contributed by atoms with Crippen LogP contribution in [0, 0.1) is 10.1 Å². The van der Waals surface area contributed by atoms with Gasteiger partial charge < -0.3 is 19.7 Å². The summed E-state index contributed by atoms with van der Waals surface area (Å²) in [6, 6.07) is 10.6. The molecule has 0 bridgehead atoms. The summed E-state index contributed by atoms with van der Waals surface area (Å²) in [7, 11) is 2.94. The predicted molar refractivity (Wildman–Crippen MR) is 113 cm³/mol. The molecule has 1 N–H and O–H groups in total. The number of allylic oxidation sites excluding steroid dienone is 1. The molecule has 0 radical (unpaired) electrons. The van der Waals surface area contributed by atoms with Crippen molar-refractivity contribution in [3.63, 3.8) is 0 Å². The van der Waals surface area contributed by atoms with E-state index in [0.717, 1.165) is 5.56 Å². The largest absolute Gasteiger partial charge is 0.493 e. The van der Waals surface area contributed by atoms with Crippen LogP contribution in [-0.4, -0.2) is 35.8 Å². The summed E-state index contributed by atoms with van der Waals surface area (Å²) in [6.07, 6.45) is 0. The number of nitro groups is 1. The number of nitrogens with zero attached hydrogens (tertiary/aromatic N) is 2. The highest BCUT2D eigenvalue weighted by atomic mass is 16.6. The van der Waals surface area contributed by atoms with E-state index >= 15 is 0 Å². The number of nitro benzene ring substituents is 1. The number of Topliss-reactive ketones (excluding diaryl/α,β-unsaturated/α-hetero) is 1. The summed E-state index contributed by atoms with van der Waals surface area (Å²) in [5, 5.41) is 14.6. The average molecular weight is 425 g/mol. The number of ketones is 1. The Balaban J connectivity index is 2.09. The summed E-state index contributed by atoms with van der Waals surface area (Å²) < 4.78 is 11.2. The van der Waals surface area contributed by atoms with Crippen molar-refractivity contribution in [3.8, 4) is 11.5 Å². The highest BCUT2D eigenvalue weighted by Gasteiger charge is 2.37. The number of methoxy groups -OCH3 is 1. The van der Waals surface area contributed by atoms with Crippen LogP contribution >= 0.6 is 0 Å². The SMILES string of the molecule is COc1cc([C@@H]2NC(=O)N(C)C(C)=C2C(C)=O)c([N+](=O)[O-])cc1OCc1ccccc1. The van der Waals surface area contributed by atoms with E-state index < -0.39 is 17.0 Å². The number of hydrogen-bond acceptors (Lipinski definition) is 6. The van der Waals surface area contributed by atoms with Crippen LogP contribution < -0.4 is 14.8 Å². The van der Waals surface area contributed by atoms with Crippen LogP contribution in [0.25, 0.3) is 0 Å². The Kier molecular flexibility index (Phi) is 6.24. The van der Waals surface area contributed by atoms with E-state index in [4.69, 9.17) is 9.47 Å². The lowest BCUT2D eigenvalue weighted by atomic mass is 9.91. The van der Waals surface area contributed by atoms with Gasteiger partial charge in [-0.3, -0.25) is 14.9 Å². The fourth-order valence-corrected chi connectivity index (χ4v) is 3.49. The van der Waals surface area contributed by atoms with Gasteiger partial charge in [0, 0.05) is 18.3 Å². The predicted octanol–water partition coefficient (Wildman–Crippen LogP) is 3.74. The number of urea groups is 1. The van der Waals surface area contributed by atoms with Crippen molar-refractivity contribution in [1.82, 2.24) is 10.2 Å². The number of ether oxygens (including phenoxy) is 2. The lowest BCUT2D eigenvalue weighted by Gasteiger charge is -2.33. The third-order valence-electron chi connectivity index (χ3n) is 5.19. The van der Waals surface area contributed by atoms with Gasteiger partial charge in [0.2, 0.25) is 0 Å². The van der Waals surface area contributed by atoms with E-state index in [-0.39, 0.29) is 40.7 Å². The normalized spacial score (nSPS) is 16.1. The van der Waals surface area contributed by atoms with Crippen LogP contribution in [0.1, 0.15) is 31.0 Å². The minimum Gasteiger partial charge on any atom is -0.493 e. The molecule has 0 aliphatic carbocycles. The second-order valence-electron chi connectivity index (χ2n) is 7.09. The van der Waals surface area contributed by atoms with Crippen molar-refractivity contribution < 1.29 is 24.0 Å². The number of hydrogen-bond donors (Lipinski definition) is 1. The van der Waals surface area contributed by atoms with Gasteiger partial charge in [-0.2, -0.15) is 0 Å². The molecule has 9 nitrogen and oxygen atoms in total. The van der Waals surface area contributed by atoms with Crippen molar-refractivity contribution >= 4 is 17.5 Å². The van der Waals surface area contributed by atoms with Crippen LogP contribution in [-0.2, 0) is 11.4 Å². The van der Waals surface area contributed by atoms with Crippen LogP contribution in [0.15, 0.2) is 53.7 Å². The van der Waals surface area contributed by atoms with Crippen LogP contribution in [0.5, 0.6) is 11.5 Å². The Morgan fingerprint density at radius 2 is 1.90 bits per heavy atom. The second-order valence-corrected chi connectivity index (χ2v) is 7.09. The molecule has 0 spiro atoms. The molecule has 9 heteroatoms. The highest BCUT2D eigenvalue weighted by molar-refractivity contribution is 5.98. The molecule has 1 aliphatic heterocycles. The molecule has 2 aromatic rings. The van der Waals surface area contributed by atoms with Gasteiger partial charge in [0.05, 0.1) is 29.7 Å². The smallest absolute Gasteiger partial charge is 0.322 e. The van der Waals surface area contributed by atoms with Gasteiger partial charge in [0.1, 0.15) is 6.61 Å². The molecule has 0 aromatic heterocycles. The molecule has 0 unspecified atom stereocenters. The first-order valence-electron chi connectivity index (χ1n) is 9.53. The quantitative estimate of drug-likeness (QED) is 0.534. The number of amides is 2. The lowest BCUT2D eigenvalue weighted by molar-refractivity contribution is -0.385. The molecule has 1 atom stereocenters. The van der Waals surface area contributed by atoms with Crippen molar-refractivity contribution in [1.29, 1.82) is 0 Å². The van der Waals surface area contributed by atoms with E-state index in [9.17, 15) is 19.7 Å². The summed E-state index contributed by atoms with van der Waals surface area (Å²) in [4.78, 5) is 37.3. The molecule has 162 valence electrons. The lowest BCUT2D eigenvalue weighted by Crippen LogP contribution is -2.45. The summed E-state index contributed by atoms with van der Waals surface area (Å²) in [6.45, 7) is 3.18. The number of rotatable bonds is 7. The fourth-order valence-electron chi connectivity index (χ4n) is 3.49. The first-order chi connectivity index (χ1) is 14.7. The van der Waals surface area contributed by atoms with Gasteiger partial charge in [0.25, 0.3) is 5.69 Å². The van der Waals surface area contributed by atoms with Crippen LogP contribution in [0.4, 0.5) is 10.5 Å². The number of nitrogens with one attached hydrogen (secondary N) is 1. The maximum absolute atomic E-state index is 12.4. The molecular weight excluding hydrogens is 402 g/mol. The van der Waals surface area contributed by atoms with Crippen LogP contribution in [0.2, 0.25) is 0 Å². The minimum absolute atomic E-state index is 0.139. The monoisotopic (exact) mass is 425 g/mol. The molecular formula is C22H23N3O6. The van der Waals surface area contributed by atoms with E-state index in [0.29, 0.717) is 5.70 Å². The van der Waals surface area contributed by atoms with Crippen molar-refractivity contribution in [2.75, 3.05) is 14.2 Å². The molecule has 0 saturated carbocycles. The van der Waals surface area contributed by atoms with E-state index in [1.807, 2.05) is 30.3 Å².